The number of nitrogens with one attached hydrogen (secondary N) is 1. The number of methoxy groups -OCH3 is 1. The fraction of sp³-hybridized carbons (Fsp3) is 0.400. The van der Waals surface area contributed by atoms with Crippen molar-refractivity contribution in [2.24, 2.45) is 0 Å². The van der Waals surface area contributed by atoms with E-state index < -0.39 is 0 Å². The molecule has 0 amide bonds. The van der Waals surface area contributed by atoms with Crippen molar-refractivity contribution in [1.29, 1.82) is 0 Å². The first kappa shape index (κ1) is 13.6. The monoisotopic (exact) mass is 289 g/mol. The van der Waals surface area contributed by atoms with Gasteiger partial charge in [-0.25, -0.2) is 0 Å². The zero-order valence-corrected chi connectivity index (χ0v) is 12.3. The molecule has 6 nitrogen and oxygen atoms in total. The fourth-order valence-electron chi connectivity index (χ4n) is 2.26. The van der Waals surface area contributed by atoms with Crippen LogP contribution in [0.5, 0.6) is 17.2 Å². The molecule has 21 heavy (non-hydrogen) atoms. The Morgan fingerprint density at radius 1 is 1.33 bits per heavy atom. The van der Waals surface area contributed by atoms with E-state index in [1.807, 2.05) is 29.2 Å². The Morgan fingerprint density at radius 3 is 2.95 bits per heavy atom. The quantitative estimate of drug-likeness (QED) is 0.915. The highest BCUT2D eigenvalue weighted by Gasteiger charge is 2.18. The molecule has 2 aromatic rings. The topological polar surface area (TPSA) is 57.5 Å². The summed E-state index contributed by atoms with van der Waals surface area (Å²) in [5.74, 6) is 2.13. The Balaban J connectivity index is 1.75. The molecule has 0 radical (unpaired) electrons. The van der Waals surface area contributed by atoms with Crippen LogP contribution >= 0.6 is 0 Å². The normalized spacial score (nSPS) is 13.0. The van der Waals surface area contributed by atoms with Crippen LogP contribution in [0.15, 0.2) is 24.5 Å². The van der Waals surface area contributed by atoms with Crippen LogP contribution in [0.25, 0.3) is 0 Å². The fourth-order valence-corrected chi connectivity index (χ4v) is 2.26. The molecular weight excluding hydrogens is 270 g/mol. The summed E-state index contributed by atoms with van der Waals surface area (Å²) in [4.78, 5) is 0. The molecule has 0 aliphatic carbocycles. The maximum Gasteiger partial charge on any atom is 0.203 e. The average Bonchev–Trinajstić information content (AvgIpc) is 3.00. The third kappa shape index (κ3) is 2.89. The van der Waals surface area contributed by atoms with Gasteiger partial charge >= 0.3 is 0 Å². The van der Waals surface area contributed by atoms with Gasteiger partial charge in [0.05, 0.1) is 19.0 Å². The molecule has 1 aromatic carbocycles. The first-order valence-electron chi connectivity index (χ1n) is 7.03. The molecule has 112 valence electrons. The van der Waals surface area contributed by atoms with Gasteiger partial charge in [-0.2, -0.15) is 5.10 Å². The number of nitrogens with zero attached hydrogens (tertiary/aromatic N) is 2. The van der Waals surface area contributed by atoms with E-state index in [0.717, 1.165) is 23.5 Å². The number of hydrogen-bond donors (Lipinski definition) is 1. The van der Waals surface area contributed by atoms with E-state index in [1.54, 1.807) is 7.11 Å². The number of aryl methyl sites for hydroxylation is 1. The van der Waals surface area contributed by atoms with Gasteiger partial charge in [-0.1, -0.05) is 0 Å². The van der Waals surface area contributed by atoms with Gasteiger partial charge in [-0.05, 0) is 24.6 Å². The third-order valence-electron chi connectivity index (χ3n) is 3.34. The molecule has 0 spiro atoms. The van der Waals surface area contributed by atoms with E-state index >= 15 is 0 Å². The predicted molar refractivity (Wildman–Crippen MR) is 79.2 cm³/mol. The second-order valence-corrected chi connectivity index (χ2v) is 4.76. The van der Waals surface area contributed by atoms with Gasteiger partial charge in [0.1, 0.15) is 13.2 Å². The minimum absolute atomic E-state index is 0.553. The number of fused-ring (bicyclic) bond motifs is 1. The van der Waals surface area contributed by atoms with Crippen molar-refractivity contribution in [2.75, 3.05) is 25.6 Å². The van der Waals surface area contributed by atoms with Crippen molar-refractivity contribution < 1.29 is 14.2 Å². The van der Waals surface area contributed by atoms with Gasteiger partial charge < -0.3 is 19.5 Å². The molecule has 0 atom stereocenters. The average molecular weight is 289 g/mol. The first-order chi connectivity index (χ1) is 10.3. The molecule has 0 unspecified atom stereocenters. The van der Waals surface area contributed by atoms with Crippen LogP contribution in [0, 0.1) is 0 Å². The van der Waals surface area contributed by atoms with Gasteiger partial charge in [0.2, 0.25) is 5.75 Å². The van der Waals surface area contributed by atoms with E-state index in [-0.39, 0.29) is 0 Å². The van der Waals surface area contributed by atoms with Gasteiger partial charge in [-0.15, -0.1) is 0 Å². The van der Waals surface area contributed by atoms with Gasteiger partial charge in [-0.3, -0.25) is 4.68 Å². The van der Waals surface area contributed by atoms with Crippen LogP contribution < -0.4 is 19.5 Å². The van der Waals surface area contributed by atoms with Crippen LogP contribution in [-0.4, -0.2) is 30.1 Å². The summed E-state index contributed by atoms with van der Waals surface area (Å²) in [5.41, 5.74) is 2.06. The molecule has 1 N–H and O–H groups in total. The zero-order valence-electron chi connectivity index (χ0n) is 12.3. The van der Waals surface area contributed by atoms with Crippen LogP contribution in [-0.2, 0) is 13.1 Å². The maximum atomic E-state index is 5.63. The molecule has 1 aromatic heterocycles. The predicted octanol–water partition coefficient (Wildman–Crippen LogP) is 2.29. The summed E-state index contributed by atoms with van der Waals surface area (Å²) in [6.07, 6.45) is 3.80. The van der Waals surface area contributed by atoms with E-state index in [1.165, 1.54) is 0 Å². The van der Waals surface area contributed by atoms with Gasteiger partial charge in [0.25, 0.3) is 0 Å². The Bertz CT molecular complexity index is 607. The minimum atomic E-state index is 0.553. The molecule has 0 fully saturated rings. The number of hydrogen-bond acceptors (Lipinski definition) is 5. The van der Waals surface area contributed by atoms with Gasteiger partial charge in [0, 0.05) is 19.3 Å². The van der Waals surface area contributed by atoms with Crippen molar-refractivity contribution in [3.63, 3.8) is 0 Å². The van der Waals surface area contributed by atoms with Crippen LogP contribution in [0.4, 0.5) is 5.69 Å². The van der Waals surface area contributed by atoms with E-state index in [0.29, 0.717) is 31.3 Å². The summed E-state index contributed by atoms with van der Waals surface area (Å²) in [7, 11) is 1.63. The van der Waals surface area contributed by atoms with E-state index in [4.69, 9.17) is 14.2 Å². The Morgan fingerprint density at radius 2 is 2.19 bits per heavy atom. The first-order valence-corrected chi connectivity index (χ1v) is 7.03. The Labute approximate surface area is 123 Å². The smallest absolute Gasteiger partial charge is 0.203 e. The molecular formula is C15H19N3O3. The SMILES string of the molecule is CCn1cc(NCc2cc(OC)c3c(c2)OCCO3)cn1. The lowest BCUT2D eigenvalue weighted by Gasteiger charge is -2.21. The second-order valence-electron chi connectivity index (χ2n) is 4.76. The van der Waals surface area contributed by atoms with Crippen LogP contribution in [0.1, 0.15) is 12.5 Å². The van der Waals surface area contributed by atoms with Crippen LogP contribution in [0.2, 0.25) is 0 Å². The van der Waals surface area contributed by atoms with Crippen molar-refractivity contribution >= 4 is 5.69 Å². The molecule has 2 heterocycles. The highest BCUT2D eigenvalue weighted by Crippen LogP contribution is 2.40. The molecule has 0 bridgehead atoms. The largest absolute Gasteiger partial charge is 0.493 e. The maximum absolute atomic E-state index is 5.63. The van der Waals surface area contributed by atoms with Crippen molar-refractivity contribution in [1.82, 2.24) is 9.78 Å². The number of rotatable bonds is 5. The number of benzene rings is 1. The number of aromatic nitrogens is 2. The molecule has 1 aliphatic rings. The Hall–Kier alpha value is -2.37. The zero-order chi connectivity index (χ0) is 14.7. The minimum Gasteiger partial charge on any atom is -0.493 e. The standard InChI is InChI=1S/C15H19N3O3/c1-3-18-10-12(9-17-18)16-8-11-6-13(19-2)15-14(7-11)20-4-5-21-15/h6-7,9-10,16H,3-5,8H2,1-2H3. The number of ether oxygens (including phenoxy) is 3. The second kappa shape index (κ2) is 5.95. The van der Waals surface area contributed by atoms with Crippen molar-refractivity contribution in [3.05, 3.63) is 30.1 Å². The highest BCUT2D eigenvalue weighted by atomic mass is 16.6. The van der Waals surface area contributed by atoms with Crippen molar-refractivity contribution in [2.45, 2.75) is 20.0 Å². The summed E-state index contributed by atoms with van der Waals surface area (Å²) in [6, 6.07) is 3.94. The lowest BCUT2D eigenvalue weighted by Crippen LogP contribution is -2.16. The number of anilines is 1. The van der Waals surface area contributed by atoms with Crippen molar-refractivity contribution in [3.8, 4) is 17.2 Å². The Kier molecular flexibility index (Phi) is 3.85. The van der Waals surface area contributed by atoms with Crippen LogP contribution in [0.3, 0.4) is 0 Å². The highest BCUT2D eigenvalue weighted by molar-refractivity contribution is 5.55. The molecule has 1 aliphatic heterocycles. The molecule has 6 heteroatoms. The lowest BCUT2D eigenvalue weighted by atomic mass is 10.1. The molecule has 3 rings (SSSR count). The van der Waals surface area contributed by atoms with E-state index in [2.05, 4.69) is 17.3 Å². The third-order valence-corrected chi connectivity index (χ3v) is 3.34. The summed E-state index contributed by atoms with van der Waals surface area (Å²) < 4.78 is 18.5. The summed E-state index contributed by atoms with van der Waals surface area (Å²) >= 11 is 0. The van der Waals surface area contributed by atoms with Gasteiger partial charge in [0.15, 0.2) is 11.5 Å². The summed E-state index contributed by atoms with van der Waals surface area (Å²) in [5, 5.41) is 7.57. The lowest BCUT2D eigenvalue weighted by molar-refractivity contribution is 0.165. The summed E-state index contributed by atoms with van der Waals surface area (Å²) in [6.45, 7) is 4.71. The van der Waals surface area contributed by atoms with E-state index in [9.17, 15) is 0 Å². The molecule has 0 saturated heterocycles. The molecule has 0 saturated carbocycles.